The fourth-order valence-corrected chi connectivity index (χ4v) is 3.64. The van der Waals surface area contributed by atoms with Crippen LogP contribution in [0.1, 0.15) is 24.3 Å². The lowest BCUT2D eigenvalue weighted by molar-refractivity contribution is -0.134. The molecule has 25 heavy (non-hydrogen) atoms. The molecule has 0 radical (unpaired) electrons. The van der Waals surface area contributed by atoms with Gasteiger partial charge in [-0.15, -0.1) is 0 Å². The van der Waals surface area contributed by atoms with Gasteiger partial charge in [-0.3, -0.25) is 4.79 Å². The van der Waals surface area contributed by atoms with E-state index in [4.69, 9.17) is 9.26 Å². The number of hydrogen-bond donors (Lipinski definition) is 0. The number of amides is 1. The van der Waals surface area contributed by atoms with Crippen LogP contribution < -0.4 is 9.64 Å². The monoisotopic (exact) mass is 341 g/mol. The number of anilines is 1. The van der Waals surface area contributed by atoms with E-state index < -0.39 is 5.41 Å². The van der Waals surface area contributed by atoms with Gasteiger partial charge >= 0.3 is 0 Å². The topological polar surface area (TPSA) is 58.8 Å². The number of piperazine rings is 1. The predicted molar refractivity (Wildman–Crippen MR) is 93.9 cm³/mol. The molecule has 4 rings (SSSR count). The molecule has 0 N–H and O–H groups in total. The minimum Gasteiger partial charge on any atom is -0.495 e. The van der Waals surface area contributed by atoms with Gasteiger partial charge in [-0.05, 0) is 31.9 Å². The average molecular weight is 341 g/mol. The van der Waals surface area contributed by atoms with Crippen LogP contribution >= 0.6 is 0 Å². The fraction of sp³-hybridized carbons (Fsp3) is 0.474. The summed E-state index contributed by atoms with van der Waals surface area (Å²) in [6.45, 7) is 4.91. The van der Waals surface area contributed by atoms with E-state index in [9.17, 15) is 4.79 Å². The third kappa shape index (κ3) is 2.75. The number of hydrogen-bond acceptors (Lipinski definition) is 5. The van der Waals surface area contributed by atoms with E-state index in [-0.39, 0.29) is 5.91 Å². The van der Waals surface area contributed by atoms with Crippen LogP contribution in [-0.2, 0) is 10.2 Å². The Labute approximate surface area is 147 Å². The average Bonchev–Trinajstić information content (AvgIpc) is 3.36. The fourth-order valence-electron chi connectivity index (χ4n) is 3.64. The lowest BCUT2D eigenvalue weighted by Gasteiger charge is -2.37. The Kier molecular flexibility index (Phi) is 3.90. The second-order valence-corrected chi connectivity index (χ2v) is 6.86. The number of aryl methyl sites for hydroxylation is 1. The van der Waals surface area contributed by atoms with Gasteiger partial charge in [-0.1, -0.05) is 17.3 Å². The molecule has 2 fully saturated rings. The zero-order valence-electron chi connectivity index (χ0n) is 14.7. The van der Waals surface area contributed by atoms with Gasteiger partial charge in [-0.25, -0.2) is 0 Å². The Bertz CT molecular complexity index is 774. The highest BCUT2D eigenvalue weighted by atomic mass is 16.5. The summed E-state index contributed by atoms with van der Waals surface area (Å²) in [6, 6.07) is 9.92. The lowest BCUT2D eigenvalue weighted by Crippen LogP contribution is -2.51. The van der Waals surface area contributed by atoms with Crippen LogP contribution in [-0.4, -0.2) is 49.3 Å². The molecule has 1 saturated heterocycles. The Morgan fingerprint density at radius 2 is 1.92 bits per heavy atom. The quantitative estimate of drug-likeness (QED) is 0.854. The van der Waals surface area contributed by atoms with Crippen LogP contribution in [0.4, 0.5) is 5.69 Å². The maximum Gasteiger partial charge on any atom is 0.235 e. The van der Waals surface area contributed by atoms with E-state index >= 15 is 0 Å². The molecule has 1 aliphatic carbocycles. The second kappa shape index (κ2) is 6.10. The molecule has 2 aliphatic rings. The molecule has 0 atom stereocenters. The van der Waals surface area contributed by atoms with Gasteiger partial charge in [-0.2, -0.15) is 0 Å². The lowest BCUT2D eigenvalue weighted by atomic mass is 9.99. The molecule has 1 aliphatic heterocycles. The number of ether oxygens (including phenoxy) is 1. The summed E-state index contributed by atoms with van der Waals surface area (Å²) < 4.78 is 10.6. The van der Waals surface area contributed by atoms with E-state index in [1.165, 1.54) is 0 Å². The zero-order valence-corrected chi connectivity index (χ0v) is 14.7. The molecule has 6 nitrogen and oxygen atoms in total. The first-order valence-electron chi connectivity index (χ1n) is 8.75. The molecule has 6 heteroatoms. The van der Waals surface area contributed by atoms with E-state index in [0.717, 1.165) is 61.9 Å². The molecular weight excluding hydrogens is 318 g/mol. The third-order valence-corrected chi connectivity index (χ3v) is 5.27. The molecule has 2 heterocycles. The number of aromatic nitrogens is 1. The first-order chi connectivity index (χ1) is 12.1. The molecule has 132 valence electrons. The van der Waals surface area contributed by atoms with Gasteiger partial charge in [0.05, 0.1) is 23.9 Å². The van der Waals surface area contributed by atoms with Crippen LogP contribution in [0, 0.1) is 6.92 Å². The zero-order chi connectivity index (χ0) is 17.4. The second-order valence-electron chi connectivity index (χ2n) is 6.86. The molecule has 0 spiro atoms. The Morgan fingerprint density at radius 1 is 1.20 bits per heavy atom. The number of benzene rings is 1. The van der Waals surface area contributed by atoms with Crippen molar-refractivity contribution in [1.29, 1.82) is 0 Å². The highest BCUT2D eigenvalue weighted by Gasteiger charge is 2.55. The van der Waals surface area contributed by atoms with Gasteiger partial charge in [0.1, 0.15) is 11.5 Å². The number of para-hydroxylation sites is 2. The van der Waals surface area contributed by atoms with Gasteiger partial charge < -0.3 is 19.1 Å². The largest absolute Gasteiger partial charge is 0.495 e. The van der Waals surface area contributed by atoms with Crippen molar-refractivity contribution in [2.45, 2.75) is 25.2 Å². The number of nitrogens with zero attached hydrogens (tertiary/aromatic N) is 3. The summed E-state index contributed by atoms with van der Waals surface area (Å²) in [6.07, 6.45) is 1.73. The van der Waals surface area contributed by atoms with E-state index in [1.807, 2.05) is 36.1 Å². The first-order valence-corrected chi connectivity index (χ1v) is 8.75. The van der Waals surface area contributed by atoms with Crippen LogP contribution in [0.15, 0.2) is 34.9 Å². The third-order valence-electron chi connectivity index (χ3n) is 5.27. The maximum atomic E-state index is 13.1. The van der Waals surface area contributed by atoms with Crippen LogP contribution in [0.5, 0.6) is 5.75 Å². The van der Waals surface area contributed by atoms with Crippen molar-refractivity contribution in [1.82, 2.24) is 10.1 Å². The summed E-state index contributed by atoms with van der Waals surface area (Å²) in [5.74, 6) is 1.83. The SMILES string of the molecule is COc1ccccc1N1CCN(C(=O)C2(c3cc(C)on3)CC2)CC1. The maximum absolute atomic E-state index is 13.1. The van der Waals surface area contributed by atoms with Crippen molar-refractivity contribution in [2.75, 3.05) is 38.2 Å². The van der Waals surface area contributed by atoms with Gasteiger partial charge in [0.15, 0.2) is 0 Å². The number of methoxy groups -OCH3 is 1. The number of rotatable bonds is 4. The van der Waals surface area contributed by atoms with Crippen molar-refractivity contribution < 1.29 is 14.1 Å². The van der Waals surface area contributed by atoms with Gasteiger partial charge in [0.25, 0.3) is 0 Å². The molecule has 1 aromatic carbocycles. The smallest absolute Gasteiger partial charge is 0.235 e. The van der Waals surface area contributed by atoms with Gasteiger partial charge in [0.2, 0.25) is 5.91 Å². The van der Waals surface area contributed by atoms with E-state index in [0.29, 0.717) is 0 Å². The number of carbonyl (C=O) groups excluding carboxylic acids is 1. The van der Waals surface area contributed by atoms with E-state index in [1.54, 1.807) is 7.11 Å². The van der Waals surface area contributed by atoms with E-state index in [2.05, 4.69) is 16.1 Å². The van der Waals surface area contributed by atoms with Crippen molar-refractivity contribution >= 4 is 11.6 Å². The number of carbonyl (C=O) groups is 1. The molecule has 1 saturated carbocycles. The standard InChI is InChI=1S/C19H23N3O3/c1-14-13-17(20-25-14)19(7-8-19)18(23)22-11-9-21(10-12-22)15-5-3-4-6-16(15)24-2/h3-6,13H,7-12H2,1-2H3. The van der Waals surface area contributed by atoms with Crippen LogP contribution in [0.3, 0.4) is 0 Å². The highest BCUT2D eigenvalue weighted by molar-refractivity contribution is 5.91. The Balaban J connectivity index is 1.45. The Morgan fingerprint density at radius 3 is 2.52 bits per heavy atom. The minimum atomic E-state index is -0.440. The van der Waals surface area contributed by atoms with Gasteiger partial charge in [0, 0.05) is 32.2 Å². The molecular formula is C19H23N3O3. The summed E-state index contributed by atoms with van der Waals surface area (Å²) in [5.41, 5.74) is 1.44. The molecule has 0 bridgehead atoms. The first kappa shape index (κ1) is 16.0. The predicted octanol–water partition coefficient (Wildman–Crippen LogP) is 2.37. The summed E-state index contributed by atoms with van der Waals surface area (Å²) in [5, 5.41) is 4.10. The molecule has 1 aromatic heterocycles. The molecule has 2 aromatic rings. The van der Waals surface area contributed by atoms with Crippen molar-refractivity contribution in [3.63, 3.8) is 0 Å². The van der Waals surface area contributed by atoms with Crippen molar-refractivity contribution in [3.05, 3.63) is 41.8 Å². The summed E-state index contributed by atoms with van der Waals surface area (Å²) >= 11 is 0. The Hall–Kier alpha value is -2.50. The normalized spacial score (nSPS) is 19.0. The van der Waals surface area contributed by atoms with Crippen molar-refractivity contribution in [3.8, 4) is 5.75 Å². The highest BCUT2D eigenvalue weighted by Crippen LogP contribution is 2.49. The summed E-state index contributed by atoms with van der Waals surface area (Å²) in [7, 11) is 1.69. The summed E-state index contributed by atoms with van der Waals surface area (Å²) in [4.78, 5) is 17.3. The molecule has 1 amide bonds. The molecule has 0 unspecified atom stereocenters. The van der Waals surface area contributed by atoms with Crippen molar-refractivity contribution in [2.24, 2.45) is 0 Å². The van der Waals surface area contributed by atoms with Crippen LogP contribution in [0.25, 0.3) is 0 Å². The minimum absolute atomic E-state index is 0.195. The van der Waals surface area contributed by atoms with Crippen LogP contribution in [0.2, 0.25) is 0 Å².